The van der Waals surface area contributed by atoms with Gasteiger partial charge in [-0.25, -0.2) is 33.9 Å². The smallest absolute Gasteiger partial charge is 0.386 e. The van der Waals surface area contributed by atoms with E-state index < -0.39 is 84.6 Å². The lowest BCUT2D eigenvalue weighted by atomic mass is 9.87. The van der Waals surface area contributed by atoms with Crippen LogP contribution in [-0.2, 0) is 50.9 Å². The van der Waals surface area contributed by atoms with Crippen LogP contribution in [0, 0.1) is 5.41 Å². The van der Waals surface area contributed by atoms with Gasteiger partial charge in [0, 0.05) is 36.4 Å². The van der Waals surface area contributed by atoms with E-state index in [-0.39, 0.29) is 63.2 Å². The van der Waals surface area contributed by atoms with E-state index in [0.717, 1.165) is 29.0 Å². The first-order valence-corrected chi connectivity index (χ1v) is 25.5. The molecule has 34 heteroatoms. The van der Waals surface area contributed by atoms with E-state index in [1.54, 1.807) is 24.3 Å². The number of nitrogen functional groups attached to an aromatic ring is 1. The molecule has 2 aromatic heterocycles. The zero-order valence-electron chi connectivity index (χ0n) is 35.1. The van der Waals surface area contributed by atoms with Gasteiger partial charge in [0.15, 0.2) is 17.7 Å². The fourth-order valence-electron chi connectivity index (χ4n) is 6.03. The average Bonchev–Trinajstić information content (AvgIpc) is 3.81. The molecular formula is C34H43Cl2N8O20P3S. The predicted molar refractivity (Wildman–Crippen MR) is 237 cm³/mol. The van der Waals surface area contributed by atoms with Gasteiger partial charge in [-0.1, -0.05) is 60.9 Å². The summed E-state index contributed by atoms with van der Waals surface area (Å²) in [6, 6.07) is 9.39. The topological polar surface area (TPSA) is 414 Å². The number of nitrogens with one attached hydrogen (secondary N) is 3. The molecule has 0 bridgehead atoms. The summed E-state index contributed by atoms with van der Waals surface area (Å²) in [6.07, 6.45) is -7.17. The van der Waals surface area contributed by atoms with Crippen molar-refractivity contribution in [2.75, 3.05) is 43.1 Å². The second kappa shape index (κ2) is 23.3. The highest BCUT2D eigenvalue weighted by atomic mass is 35.5. The minimum Gasteiger partial charge on any atom is -0.386 e. The maximum absolute atomic E-state index is 13.0. The molecule has 3 heterocycles. The number of ether oxygens (including phenoxy) is 1. The maximum Gasteiger partial charge on any atom is 0.481 e. The van der Waals surface area contributed by atoms with Crippen LogP contribution in [0.3, 0.4) is 0 Å². The third-order valence-electron chi connectivity index (χ3n) is 9.28. The summed E-state index contributed by atoms with van der Waals surface area (Å²) in [6.45, 7) is 0.157. The highest BCUT2D eigenvalue weighted by molar-refractivity contribution is 8.14. The number of rotatable bonds is 24. The number of phosphoric acid groups is 3. The zero-order valence-corrected chi connectivity index (χ0v) is 40.1. The molecule has 1 aliphatic rings. The molecule has 4 aromatic rings. The Hall–Kier alpha value is -3.90. The number of carbonyl (C=O) groups is 3. The molecule has 0 spiro atoms. The first kappa shape index (κ1) is 55.0. The third kappa shape index (κ3) is 15.1. The van der Waals surface area contributed by atoms with Crippen LogP contribution in [0.1, 0.15) is 36.9 Å². The van der Waals surface area contributed by atoms with E-state index in [9.17, 15) is 57.9 Å². The number of fused-ring (bicyclic) bond motifs is 1. The minimum atomic E-state index is -5.61. The Kier molecular flexibility index (Phi) is 18.9. The van der Waals surface area contributed by atoms with Gasteiger partial charge < -0.3 is 61.1 Å². The number of aliphatic hydroxyl groups is 2. The molecule has 7 unspecified atom stereocenters. The molecule has 28 nitrogen and oxygen atoms in total. The Morgan fingerprint density at radius 2 is 1.68 bits per heavy atom. The molecule has 2 amide bonds. The van der Waals surface area contributed by atoms with Crippen LogP contribution in [0.15, 0.2) is 49.1 Å². The largest absolute Gasteiger partial charge is 0.481 e. The molecule has 1 saturated heterocycles. The Bertz CT molecular complexity index is 2590. The van der Waals surface area contributed by atoms with E-state index >= 15 is 0 Å². The van der Waals surface area contributed by atoms with Gasteiger partial charge in [0.2, 0.25) is 22.7 Å². The highest BCUT2D eigenvalue weighted by Gasteiger charge is 2.50. The van der Waals surface area contributed by atoms with Gasteiger partial charge in [0.1, 0.15) is 36.3 Å². The zero-order chi connectivity index (χ0) is 50.2. The van der Waals surface area contributed by atoms with Crippen LogP contribution < -0.4 is 26.6 Å². The van der Waals surface area contributed by atoms with Gasteiger partial charge >= 0.3 is 23.5 Å². The normalized spacial score (nSPS) is 19.8. The second-order valence-corrected chi connectivity index (χ2v) is 20.9. The molecule has 5 rings (SSSR count). The molecule has 7 atom stereocenters. The van der Waals surface area contributed by atoms with Crippen LogP contribution in [0.2, 0.25) is 10.0 Å². The van der Waals surface area contributed by atoms with Gasteiger partial charge in [0.05, 0.1) is 40.8 Å². The SMILES string of the molecule is CC(C)(COP(=O)(O)OP(=O)(O)OCC1OC(n2cnc3c(N)ncnc32)C(O)C1OP(=O)(O)O)C(O)C(=O)NCCC(=O)NCCSC(=O)c1ccccc1Nc1cc(Cl)c(OOO)c(Cl)c1. The lowest BCUT2D eigenvalue weighted by Gasteiger charge is -2.30. The summed E-state index contributed by atoms with van der Waals surface area (Å²) >= 11 is 13.2. The lowest BCUT2D eigenvalue weighted by molar-refractivity contribution is -0.438. The number of amides is 2. The molecule has 12 N–H and O–H groups in total. The Labute approximate surface area is 398 Å². The number of benzene rings is 2. The van der Waals surface area contributed by atoms with Crippen molar-refractivity contribution in [3.8, 4) is 5.75 Å². The number of imidazole rings is 1. The van der Waals surface area contributed by atoms with Crippen molar-refractivity contribution >= 4 is 104 Å². The van der Waals surface area contributed by atoms with Gasteiger partial charge in [-0.15, -0.1) is 0 Å². The molecule has 0 radical (unpaired) electrons. The van der Waals surface area contributed by atoms with Crippen molar-refractivity contribution in [2.45, 2.75) is 50.9 Å². The fourth-order valence-corrected chi connectivity index (χ4v) is 10.1. The standard InChI is InChI=1S/C34H43Cl2N8O20P3S/c1-34(2,14-59-67(56,57)64-66(54,55)58-13-22-27(62-65(51,52)53)25(46)32(60-22)44-16-42-24-29(37)40-15-41-30(24)44)28(47)31(48)39-8-7-23(45)38-9-10-68-33(49)18-5-3-4-6-21(18)43-17-11-19(35)26(61-63-50)20(36)12-17/h3-6,11-12,15-16,22,25,27-28,32,43,46-47,50H,7-10,13-14H2,1-2H3,(H,38,45)(H,39,48)(H,54,55)(H,56,57)(H2,37,40,41)(H2,51,52,53). The summed E-state index contributed by atoms with van der Waals surface area (Å²) in [5.74, 6) is -1.58. The van der Waals surface area contributed by atoms with Crippen LogP contribution in [0.4, 0.5) is 17.2 Å². The number of hydrogen-bond donors (Lipinski definition) is 11. The van der Waals surface area contributed by atoms with E-state index in [4.69, 9.17) is 48.0 Å². The molecule has 0 saturated carbocycles. The molecule has 2 aromatic carbocycles. The van der Waals surface area contributed by atoms with E-state index in [0.29, 0.717) is 16.9 Å². The maximum atomic E-state index is 13.0. The number of nitrogens with zero attached hydrogens (tertiary/aromatic N) is 4. The molecule has 374 valence electrons. The quantitative estimate of drug-likeness (QED) is 0.0208. The summed E-state index contributed by atoms with van der Waals surface area (Å²) in [7, 11) is -16.5. The Balaban J connectivity index is 1.03. The van der Waals surface area contributed by atoms with E-state index in [1.165, 1.54) is 26.0 Å². The third-order valence-corrected chi connectivity index (χ3v) is 13.8. The van der Waals surface area contributed by atoms with Crippen LogP contribution in [-0.4, -0.2) is 128 Å². The second-order valence-electron chi connectivity index (χ2n) is 14.8. The minimum absolute atomic E-state index is 0.000899. The first-order valence-electron chi connectivity index (χ1n) is 19.2. The fraction of sp³-hybridized carbons (Fsp3) is 0.412. The van der Waals surface area contributed by atoms with E-state index in [1.807, 2.05) is 0 Å². The van der Waals surface area contributed by atoms with Crippen molar-refractivity contribution in [3.63, 3.8) is 0 Å². The number of thioether (sulfide) groups is 1. The summed E-state index contributed by atoms with van der Waals surface area (Å²) in [4.78, 5) is 93.9. The highest BCUT2D eigenvalue weighted by Crippen LogP contribution is 2.61. The number of halogens is 2. The van der Waals surface area contributed by atoms with Crippen LogP contribution in [0.5, 0.6) is 5.75 Å². The molecule has 1 aliphatic heterocycles. The van der Waals surface area contributed by atoms with E-state index in [2.05, 4.69) is 49.7 Å². The summed E-state index contributed by atoms with van der Waals surface area (Å²) < 4.78 is 62.4. The first-order chi connectivity index (χ1) is 31.8. The molecule has 1 fully saturated rings. The van der Waals surface area contributed by atoms with Gasteiger partial charge in [0.25, 0.3) is 0 Å². The summed E-state index contributed by atoms with van der Waals surface area (Å²) in [5, 5.41) is 41.4. The van der Waals surface area contributed by atoms with Crippen LogP contribution in [0.25, 0.3) is 11.2 Å². The molecule has 0 aliphatic carbocycles. The Morgan fingerprint density at radius 3 is 2.35 bits per heavy atom. The van der Waals surface area contributed by atoms with Crippen molar-refractivity contribution in [1.29, 1.82) is 0 Å². The predicted octanol–water partition coefficient (Wildman–Crippen LogP) is 2.81. The van der Waals surface area contributed by atoms with Gasteiger partial charge in [-0.2, -0.15) is 4.31 Å². The number of para-hydroxylation sites is 1. The average molecular weight is 1080 g/mol. The Morgan fingerprint density at radius 1 is 1.00 bits per heavy atom. The van der Waals surface area contributed by atoms with Crippen molar-refractivity contribution in [3.05, 3.63) is 64.7 Å². The van der Waals surface area contributed by atoms with Gasteiger partial charge in [-0.3, -0.25) is 32.5 Å². The summed E-state index contributed by atoms with van der Waals surface area (Å²) in [5.41, 5.74) is 5.28. The monoisotopic (exact) mass is 1080 g/mol. The number of aromatic nitrogens is 4. The van der Waals surface area contributed by atoms with Crippen molar-refractivity contribution in [2.24, 2.45) is 5.41 Å². The number of anilines is 3. The molecular weight excluding hydrogens is 1040 g/mol. The number of carbonyl (C=O) groups excluding carboxylic acids is 3. The van der Waals surface area contributed by atoms with Crippen molar-refractivity contribution < 1.29 is 95.7 Å². The number of nitrogens with two attached hydrogens (primary N) is 1. The van der Waals surface area contributed by atoms with Crippen LogP contribution >= 0.6 is 58.4 Å². The lowest BCUT2D eigenvalue weighted by Crippen LogP contribution is -2.46. The van der Waals surface area contributed by atoms with Gasteiger partial charge in [-0.05, 0) is 29.3 Å². The number of hydrogen-bond acceptors (Lipinski definition) is 22. The van der Waals surface area contributed by atoms with Crippen molar-refractivity contribution in [1.82, 2.24) is 30.2 Å². The number of phosphoric ester groups is 3. The molecule has 68 heavy (non-hydrogen) atoms. The number of aliphatic hydroxyl groups excluding tert-OH is 2.